The topological polar surface area (TPSA) is 49.8 Å². The molecule has 0 bridgehead atoms. The van der Waals surface area contributed by atoms with Gasteiger partial charge in [-0.1, -0.05) is 19.3 Å². The van der Waals surface area contributed by atoms with Crippen LogP contribution >= 0.6 is 0 Å². The van der Waals surface area contributed by atoms with E-state index < -0.39 is 11.4 Å². The Morgan fingerprint density at radius 3 is 2.26 bits per heavy atom. The molecule has 1 aliphatic carbocycles. The predicted molar refractivity (Wildman–Crippen MR) is 72.1 cm³/mol. The van der Waals surface area contributed by atoms with Gasteiger partial charge in [0.2, 0.25) is 0 Å². The maximum atomic E-state index is 11.6. The third kappa shape index (κ3) is 2.52. The third-order valence-electron chi connectivity index (χ3n) is 5.46. The highest BCUT2D eigenvalue weighted by atomic mass is 16.5. The fraction of sp³-hybridized carbons (Fsp3) is 0.933. The third-order valence-corrected chi connectivity index (χ3v) is 5.46. The molecule has 0 aromatic rings. The quantitative estimate of drug-likeness (QED) is 0.851. The van der Waals surface area contributed by atoms with Crippen molar-refractivity contribution < 1.29 is 14.6 Å². The molecule has 2 heterocycles. The molecule has 4 nitrogen and oxygen atoms in total. The zero-order chi connectivity index (χ0) is 13.3. The zero-order valence-electron chi connectivity index (χ0n) is 11.7. The fourth-order valence-electron chi connectivity index (χ4n) is 4.26. The average molecular weight is 267 g/mol. The molecule has 3 aliphatic rings. The largest absolute Gasteiger partial charge is 0.481 e. The van der Waals surface area contributed by atoms with Gasteiger partial charge >= 0.3 is 5.97 Å². The number of ether oxygens (including phenoxy) is 1. The lowest BCUT2D eigenvalue weighted by atomic mass is 9.67. The summed E-state index contributed by atoms with van der Waals surface area (Å²) in [6, 6.07) is 0. The van der Waals surface area contributed by atoms with Gasteiger partial charge in [0.15, 0.2) is 0 Å². The number of aliphatic carboxylic acids is 1. The number of likely N-dealkylation sites (tertiary alicyclic amines) is 1. The summed E-state index contributed by atoms with van der Waals surface area (Å²) in [6.45, 7) is 4.19. The van der Waals surface area contributed by atoms with Crippen molar-refractivity contribution >= 4 is 5.97 Å². The molecule has 19 heavy (non-hydrogen) atoms. The highest BCUT2D eigenvalue weighted by molar-refractivity contribution is 5.75. The molecule has 4 heteroatoms. The van der Waals surface area contributed by atoms with Crippen LogP contribution in [0.2, 0.25) is 0 Å². The van der Waals surface area contributed by atoms with Crippen LogP contribution in [-0.2, 0) is 9.53 Å². The van der Waals surface area contributed by atoms with Crippen LogP contribution in [0, 0.1) is 10.8 Å². The summed E-state index contributed by atoms with van der Waals surface area (Å²) in [4.78, 5) is 14.0. The number of carboxylic acid groups (broad SMARTS) is 1. The smallest absolute Gasteiger partial charge is 0.311 e. The number of carboxylic acids is 1. The van der Waals surface area contributed by atoms with Crippen LogP contribution in [0.15, 0.2) is 0 Å². The molecule has 1 saturated carbocycles. The fourth-order valence-corrected chi connectivity index (χ4v) is 4.26. The number of hydrogen-bond acceptors (Lipinski definition) is 3. The first-order chi connectivity index (χ1) is 9.14. The second kappa shape index (κ2) is 5.06. The van der Waals surface area contributed by atoms with Crippen LogP contribution in [0.25, 0.3) is 0 Å². The summed E-state index contributed by atoms with van der Waals surface area (Å²) in [5.74, 6) is -0.625. The van der Waals surface area contributed by atoms with E-state index >= 15 is 0 Å². The molecule has 0 aromatic heterocycles. The van der Waals surface area contributed by atoms with Crippen LogP contribution in [0.5, 0.6) is 0 Å². The minimum absolute atomic E-state index is 0.545. The van der Waals surface area contributed by atoms with E-state index in [4.69, 9.17) is 4.74 Å². The summed E-state index contributed by atoms with van der Waals surface area (Å²) in [6.07, 6.45) is 8.17. The second-order valence-electron chi connectivity index (χ2n) is 6.90. The molecule has 108 valence electrons. The lowest BCUT2D eigenvalue weighted by Gasteiger charge is -2.54. The van der Waals surface area contributed by atoms with Crippen LogP contribution in [-0.4, -0.2) is 48.8 Å². The van der Waals surface area contributed by atoms with Crippen LogP contribution < -0.4 is 0 Å². The molecule has 3 rings (SSSR count). The molecular formula is C15H25NO3. The molecule has 2 aliphatic heterocycles. The first kappa shape index (κ1) is 13.4. The van der Waals surface area contributed by atoms with Gasteiger partial charge in [-0.2, -0.15) is 0 Å². The first-order valence-corrected chi connectivity index (χ1v) is 7.68. The van der Waals surface area contributed by atoms with Gasteiger partial charge < -0.3 is 14.7 Å². The van der Waals surface area contributed by atoms with Crippen molar-refractivity contribution in [2.24, 2.45) is 10.8 Å². The second-order valence-corrected chi connectivity index (χ2v) is 6.90. The van der Waals surface area contributed by atoms with Crippen LogP contribution in [0.3, 0.4) is 0 Å². The van der Waals surface area contributed by atoms with E-state index in [0.717, 1.165) is 19.6 Å². The van der Waals surface area contributed by atoms with Gasteiger partial charge in [-0.25, -0.2) is 0 Å². The summed E-state index contributed by atoms with van der Waals surface area (Å²) in [5, 5.41) is 9.58. The van der Waals surface area contributed by atoms with Gasteiger partial charge in [0.05, 0.1) is 5.41 Å². The average Bonchev–Trinajstić information content (AvgIpc) is 2.39. The lowest BCUT2D eigenvalue weighted by Crippen LogP contribution is -2.61. The van der Waals surface area contributed by atoms with Gasteiger partial charge in [-0.05, 0) is 31.1 Å². The Morgan fingerprint density at radius 2 is 1.68 bits per heavy atom. The predicted octanol–water partition coefficient (Wildman–Crippen LogP) is 2.13. The van der Waals surface area contributed by atoms with E-state index in [1.807, 2.05) is 0 Å². The van der Waals surface area contributed by atoms with Crippen LogP contribution in [0.4, 0.5) is 0 Å². The highest BCUT2D eigenvalue weighted by Gasteiger charge is 2.48. The Balaban J connectivity index is 1.57. The molecule has 3 fully saturated rings. The minimum Gasteiger partial charge on any atom is -0.481 e. The van der Waals surface area contributed by atoms with E-state index in [1.165, 1.54) is 32.1 Å². The van der Waals surface area contributed by atoms with Crippen LogP contribution in [0.1, 0.15) is 44.9 Å². The van der Waals surface area contributed by atoms with Gasteiger partial charge in [0, 0.05) is 32.8 Å². The first-order valence-electron chi connectivity index (χ1n) is 7.68. The lowest BCUT2D eigenvalue weighted by molar-refractivity contribution is -0.160. The molecule has 1 spiro atoms. The molecule has 0 atom stereocenters. The van der Waals surface area contributed by atoms with Crippen molar-refractivity contribution in [1.29, 1.82) is 0 Å². The molecule has 0 unspecified atom stereocenters. The van der Waals surface area contributed by atoms with E-state index in [2.05, 4.69) is 4.90 Å². The SMILES string of the molecule is O=C(O)C1(CN2CC3(CCCCC3)C2)CCOCC1. The van der Waals surface area contributed by atoms with Crippen molar-refractivity contribution in [2.75, 3.05) is 32.8 Å². The van der Waals surface area contributed by atoms with Gasteiger partial charge in [-0.15, -0.1) is 0 Å². The number of nitrogens with zero attached hydrogens (tertiary/aromatic N) is 1. The normalized spacial score (nSPS) is 29.9. The Morgan fingerprint density at radius 1 is 1.05 bits per heavy atom. The molecular weight excluding hydrogens is 242 g/mol. The van der Waals surface area contributed by atoms with Gasteiger partial charge in [0.1, 0.15) is 0 Å². The van der Waals surface area contributed by atoms with Crippen molar-refractivity contribution in [3.63, 3.8) is 0 Å². The van der Waals surface area contributed by atoms with E-state index in [-0.39, 0.29) is 0 Å². The molecule has 2 saturated heterocycles. The van der Waals surface area contributed by atoms with Gasteiger partial charge in [0.25, 0.3) is 0 Å². The summed E-state index contributed by atoms with van der Waals surface area (Å²) >= 11 is 0. The van der Waals surface area contributed by atoms with Crippen molar-refractivity contribution in [2.45, 2.75) is 44.9 Å². The van der Waals surface area contributed by atoms with E-state index in [1.54, 1.807) is 0 Å². The monoisotopic (exact) mass is 267 g/mol. The molecule has 1 N–H and O–H groups in total. The molecule has 0 radical (unpaired) electrons. The minimum atomic E-state index is -0.625. The standard InChI is InChI=1S/C15H25NO3/c17-13(18)15(6-8-19-9-7-15)12-16-10-14(11-16)4-2-1-3-5-14/h1-12H2,(H,17,18). The zero-order valence-corrected chi connectivity index (χ0v) is 11.7. The Labute approximate surface area is 115 Å². The maximum absolute atomic E-state index is 11.6. The summed E-state index contributed by atoms with van der Waals surface area (Å²) in [5.41, 5.74) is -0.00234. The highest BCUT2D eigenvalue weighted by Crippen LogP contribution is 2.45. The Kier molecular flexibility index (Phi) is 3.56. The molecule has 0 amide bonds. The van der Waals surface area contributed by atoms with E-state index in [0.29, 0.717) is 31.5 Å². The molecule has 0 aromatic carbocycles. The maximum Gasteiger partial charge on any atom is 0.311 e. The van der Waals surface area contributed by atoms with Crippen molar-refractivity contribution in [3.8, 4) is 0 Å². The summed E-state index contributed by atoms with van der Waals surface area (Å²) in [7, 11) is 0. The van der Waals surface area contributed by atoms with Gasteiger partial charge in [-0.3, -0.25) is 4.79 Å². The number of carbonyl (C=O) groups is 1. The number of rotatable bonds is 3. The Hall–Kier alpha value is -0.610. The van der Waals surface area contributed by atoms with Crippen molar-refractivity contribution in [3.05, 3.63) is 0 Å². The van der Waals surface area contributed by atoms with E-state index in [9.17, 15) is 9.90 Å². The van der Waals surface area contributed by atoms with Crippen molar-refractivity contribution in [1.82, 2.24) is 4.90 Å². The summed E-state index contributed by atoms with van der Waals surface area (Å²) < 4.78 is 5.34. The number of hydrogen-bond donors (Lipinski definition) is 1. The Bertz CT molecular complexity index is 335.